The number of cyclic esters (lactones) is 1. The highest BCUT2D eigenvalue weighted by Gasteiger charge is 2.36. The Labute approximate surface area is 140 Å². The zero-order valence-corrected chi connectivity index (χ0v) is 13.8. The van der Waals surface area contributed by atoms with E-state index in [1.165, 1.54) is 14.2 Å². The van der Waals surface area contributed by atoms with E-state index in [0.717, 1.165) is 5.69 Å². The highest BCUT2D eigenvalue weighted by molar-refractivity contribution is 5.98. The fourth-order valence-electron chi connectivity index (χ4n) is 2.72. The highest BCUT2D eigenvalue weighted by Crippen LogP contribution is 2.42. The standard InChI is InChI=1S/C18H19NO5/c1-4-23-13-8-6-5-7-12(13)19-17-11-9-10-14(21-2)16(22-3)15(11)18(20)24-17/h5-10,17,19H,4H2,1-3H3/t17-/m1/s1. The number of rotatable bonds is 6. The molecule has 0 aliphatic carbocycles. The van der Waals surface area contributed by atoms with Crippen molar-refractivity contribution < 1.29 is 23.7 Å². The van der Waals surface area contributed by atoms with Crippen molar-refractivity contribution in [2.45, 2.75) is 13.2 Å². The number of esters is 1. The van der Waals surface area contributed by atoms with Gasteiger partial charge in [-0.2, -0.15) is 0 Å². The largest absolute Gasteiger partial charge is 0.493 e. The number of hydrogen-bond acceptors (Lipinski definition) is 6. The third kappa shape index (κ3) is 2.71. The van der Waals surface area contributed by atoms with Crippen LogP contribution in [0.2, 0.25) is 0 Å². The summed E-state index contributed by atoms with van der Waals surface area (Å²) >= 11 is 0. The molecule has 1 atom stereocenters. The van der Waals surface area contributed by atoms with Crippen molar-refractivity contribution >= 4 is 11.7 Å². The molecule has 0 spiro atoms. The Morgan fingerprint density at radius 3 is 2.58 bits per heavy atom. The maximum Gasteiger partial charge on any atom is 0.344 e. The summed E-state index contributed by atoms with van der Waals surface area (Å²) in [5, 5.41) is 3.21. The van der Waals surface area contributed by atoms with Gasteiger partial charge in [0, 0.05) is 5.56 Å². The molecular weight excluding hydrogens is 310 g/mol. The summed E-state index contributed by atoms with van der Waals surface area (Å²) in [7, 11) is 3.02. The molecule has 3 rings (SSSR count). The van der Waals surface area contributed by atoms with Crippen molar-refractivity contribution in [3.63, 3.8) is 0 Å². The van der Waals surface area contributed by atoms with Crippen molar-refractivity contribution in [3.8, 4) is 17.2 Å². The van der Waals surface area contributed by atoms with Crippen LogP contribution in [0.25, 0.3) is 0 Å². The van der Waals surface area contributed by atoms with Gasteiger partial charge in [0.25, 0.3) is 0 Å². The zero-order valence-electron chi connectivity index (χ0n) is 13.8. The van der Waals surface area contributed by atoms with Gasteiger partial charge in [0.05, 0.1) is 26.5 Å². The summed E-state index contributed by atoms with van der Waals surface area (Å²) < 4.78 is 21.6. The monoisotopic (exact) mass is 329 g/mol. The molecule has 2 aromatic rings. The molecule has 0 unspecified atom stereocenters. The molecule has 24 heavy (non-hydrogen) atoms. The first-order valence-corrected chi connectivity index (χ1v) is 7.63. The maximum absolute atomic E-state index is 12.3. The average Bonchev–Trinajstić information content (AvgIpc) is 2.92. The summed E-state index contributed by atoms with van der Waals surface area (Å²) in [6, 6.07) is 11.1. The summed E-state index contributed by atoms with van der Waals surface area (Å²) in [5.74, 6) is 1.11. The Balaban J connectivity index is 1.96. The molecule has 1 N–H and O–H groups in total. The molecule has 0 radical (unpaired) electrons. The number of carbonyl (C=O) groups is 1. The van der Waals surface area contributed by atoms with E-state index in [-0.39, 0.29) is 0 Å². The van der Waals surface area contributed by atoms with E-state index in [1.807, 2.05) is 31.2 Å². The predicted molar refractivity (Wildman–Crippen MR) is 88.9 cm³/mol. The van der Waals surface area contributed by atoms with Gasteiger partial charge in [-0.05, 0) is 31.2 Å². The van der Waals surface area contributed by atoms with Crippen LogP contribution in [0.5, 0.6) is 17.2 Å². The van der Waals surface area contributed by atoms with Gasteiger partial charge in [-0.1, -0.05) is 12.1 Å². The maximum atomic E-state index is 12.3. The molecule has 1 heterocycles. The van der Waals surface area contributed by atoms with Crippen molar-refractivity contribution in [3.05, 3.63) is 47.5 Å². The van der Waals surface area contributed by atoms with E-state index in [0.29, 0.717) is 35.0 Å². The average molecular weight is 329 g/mol. The number of carbonyl (C=O) groups excluding carboxylic acids is 1. The molecule has 0 fully saturated rings. The number of anilines is 1. The lowest BCUT2D eigenvalue weighted by atomic mass is 10.1. The quantitative estimate of drug-likeness (QED) is 0.820. The second-order valence-corrected chi connectivity index (χ2v) is 5.12. The van der Waals surface area contributed by atoms with Crippen LogP contribution in [0.3, 0.4) is 0 Å². The van der Waals surface area contributed by atoms with Gasteiger partial charge in [-0.25, -0.2) is 4.79 Å². The van der Waals surface area contributed by atoms with Gasteiger partial charge in [0.1, 0.15) is 11.3 Å². The second-order valence-electron chi connectivity index (χ2n) is 5.12. The van der Waals surface area contributed by atoms with E-state index in [1.54, 1.807) is 12.1 Å². The van der Waals surface area contributed by atoms with Crippen molar-refractivity contribution in [1.82, 2.24) is 0 Å². The number of hydrogen-bond donors (Lipinski definition) is 1. The van der Waals surface area contributed by atoms with E-state index < -0.39 is 12.2 Å². The van der Waals surface area contributed by atoms with Crippen molar-refractivity contribution in [2.24, 2.45) is 0 Å². The lowest BCUT2D eigenvalue weighted by Gasteiger charge is -2.17. The normalized spacial score (nSPS) is 15.5. The number of methoxy groups -OCH3 is 2. The number of nitrogens with one attached hydrogen (secondary N) is 1. The molecule has 6 nitrogen and oxygen atoms in total. The Bertz CT molecular complexity index is 759. The van der Waals surface area contributed by atoms with Crippen LogP contribution in [0.15, 0.2) is 36.4 Å². The number of para-hydroxylation sites is 2. The molecule has 2 aromatic carbocycles. The number of fused-ring (bicyclic) bond motifs is 1. The van der Waals surface area contributed by atoms with Crippen LogP contribution in [0.1, 0.15) is 29.1 Å². The van der Waals surface area contributed by atoms with Crippen LogP contribution < -0.4 is 19.5 Å². The van der Waals surface area contributed by atoms with E-state index in [2.05, 4.69) is 5.32 Å². The Kier molecular flexibility index (Phi) is 4.46. The van der Waals surface area contributed by atoms with E-state index >= 15 is 0 Å². The van der Waals surface area contributed by atoms with Crippen LogP contribution >= 0.6 is 0 Å². The summed E-state index contributed by atoms with van der Waals surface area (Å²) in [6.07, 6.45) is -0.617. The lowest BCUT2D eigenvalue weighted by molar-refractivity contribution is 0.0434. The van der Waals surface area contributed by atoms with Gasteiger partial charge in [0.2, 0.25) is 6.23 Å². The van der Waals surface area contributed by atoms with Crippen molar-refractivity contribution in [1.29, 1.82) is 0 Å². The Morgan fingerprint density at radius 2 is 1.88 bits per heavy atom. The molecule has 0 aromatic heterocycles. The molecule has 0 saturated heterocycles. The zero-order chi connectivity index (χ0) is 17.1. The minimum absolute atomic E-state index is 0.377. The van der Waals surface area contributed by atoms with Crippen molar-refractivity contribution in [2.75, 3.05) is 26.1 Å². The first-order valence-electron chi connectivity index (χ1n) is 7.63. The predicted octanol–water partition coefficient (Wildman–Crippen LogP) is 3.38. The SMILES string of the molecule is CCOc1ccccc1N[C@@H]1OC(=O)c2c1ccc(OC)c2OC. The Hall–Kier alpha value is -2.89. The molecule has 126 valence electrons. The van der Waals surface area contributed by atoms with Crippen LogP contribution in [-0.2, 0) is 4.74 Å². The first kappa shape index (κ1) is 16.0. The fourth-order valence-corrected chi connectivity index (χ4v) is 2.72. The third-order valence-electron chi connectivity index (χ3n) is 3.76. The van der Waals surface area contributed by atoms with Crippen LogP contribution in [0, 0.1) is 0 Å². The van der Waals surface area contributed by atoms with Gasteiger partial charge in [0.15, 0.2) is 11.5 Å². The van der Waals surface area contributed by atoms with E-state index in [9.17, 15) is 4.79 Å². The number of benzene rings is 2. The lowest BCUT2D eigenvalue weighted by Crippen LogP contribution is -2.11. The molecule has 0 bridgehead atoms. The van der Waals surface area contributed by atoms with Crippen LogP contribution in [0.4, 0.5) is 5.69 Å². The molecule has 1 aliphatic heterocycles. The fraction of sp³-hybridized carbons (Fsp3) is 0.278. The van der Waals surface area contributed by atoms with Gasteiger partial charge in [-0.3, -0.25) is 0 Å². The molecular formula is C18H19NO5. The molecule has 1 aliphatic rings. The van der Waals surface area contributed by atoms with Gasteiger partial charge in [-0.15, -0.1) is 0 Å². The minimum atomic E-state index is -0.617. The number of ether oxygens (including phenoxy) is 4. The summed E-state index contributed by atoms with van der Waals surface area (Å²) in [6.45, 7) is 2.46. The molecule has 0 saturated carbocycles. The molecule has 0 amide bonds. The van der Waals surface area contributed by atoms with Crippen LogP contribution in [-0.4, -0.2) is 26.8 Å². The summed E-state index contributed by atoms with van der Waals surface area (Å²) in [5.41, 5.74) is 1.83. The first-order chi connectivity index (χ1) is 11.7. The minimum Gasteiger partial charge on any atom is -0.493 e. The van der Waals surface area contributed by atoms with E-state index in [4.69, 9.17) is 18.9 Å². The topological polar surface area (TPSA) is 66.0 Å². The smallest absolute Gasteiger partial charge is 0.344 e. The summed E-state index contributed by atoms with van der Waals surface area (Å²) in [4.78, 5) is 12.3. The second kappa shape index (κ2) is 6.70. The Morgan fingerprint density at radius 1 is 1.08 bits per heavy atom. The van der Waals surface area contributed by atoms with Gasteiger partial charge < -0.3 is 24.3 Å². The van der Waals surface area contributed by atoms with Gasteiger partial charge >= 0.3 is 5.97 Å². The molecule has 6 heteroatoms. The highest BCUT2D eigenvalue weighted by atomic mass is 16.6. The third-order valence-corrected chi connectivity index (χ3v) is 3.76.